The smallest absolute Gasteiger partial charge is 0.254 e. The van der Waals surface area contributed by atoms with Crippen LogP contribution in [0.5, 0.6) is 11.5 Å². The zero-order valence-corrected chi connectivity index (χ0v) is 20.1. The van der Waals surface area contributed by atoms with Crippen LogP contribution in [0, 0.1) is 0 Å². The van der Waals surface area contributed by atoms with Gasteiger partial charge in [0, 0.05) is 30.4 Å². The van der Waals surface area contributed by atoms with Gasteiger partial charge in [0.1, 0.15) is 18.1 Å². The molecule has 1 aromatic heterocycles. The second-order valence-electron chi connectivity index (χ2n) is 8.93. The lowest BCUT2D eigenvalue weighted by molar-refractivity contribution is 0.263. The average Bonchev–Trinajstić information content (AvgIpc) is 3.58. The van der Waals surface area contributed by atoms with Crippen LogP contribution in [0.2, 0.25) is 0 Å². The van der Waals surface area contributed by atoms with Crippen molar-refractivity contribution in [1.29, 1.82) is 0 Å². The van der Waals surface area contributed by atoms with E-state index in [0.717, 1.165) is 30.0 Å². The summed E-state index contributed by atoms with van der Waals surface area (Å²) in [7, 11) is 4.29. The van der Waals surface area contributed by atoms with E-state index in [2.05, 4.69) is 46.2 Å². The van der Waals surface area contributed by atoms with E-state index < -0.39 is 0 Å². The molecule has 2 heterocycles. The standard InChI is InChI=1S/C28H30N4O3/c1-31(2)24-16-17-32(18-24)23-10-8-22(9-11-23)28-30-29-27(35-28)20-34-26-14-12-25(13-15-26)33-19-21-6-4-3-5-7-21/h3-15,24H,16-20H2,1-2H3. The van der Waals surface area contributed by atoms with Crippen molar-refractivity contribution in [2.24, 2.45) is 0 Å². The maximum Gasteiger partial charge on any atom is 0.254 e. The van der Waals surface area contributed by atoms with Gasteiger partial charge in [0.2, 0.25) is 5.89 Å². The summed E-state index contributed by atoms with van der Waals surface area (Å²) in [6.07, 6.45) is 1.19. The first-order chi connectivity index (χ1) is 17.1. The molecule has 0 amide bonds. The molecule has 0 aliphatic carbocycles. The van der Waals surface area contributed by atoms with Gasteiger partial charge in [-0.3, -0.25) is 0 Å². The minimum absolute atomic E-state index is 0.203. The first kappa shape index (κ1) is 22.9. The first-order valence-electron chi connectivity index (χ1n) is 11.9. The quantitative estimate of drug-likeness (QED) is 0.340. The van der Waals surface area contributed by atoms with Gasteiger partial charge in [-0.15, -0.1) is 10.2 Å². The van der Waals surface area contributed by atoms with Crippen LogP contribution in [0.15, 0.2) is 83.3 Å². The van der Waals surface area contributed by atoms with Gasteiger partial charge in [-0.2, -0.15) is 0 Å². The maximum atomic E-state index is 5.82. The molecule has 1 saturated heterocycles. The topological polar surface area (TPSA) is 63.9 Å². The molecule has 0 radical (unpaired) electrons. The summed E-state index contributed by atoms with van der Waals surface area (Å²) in [6, 6.07) is 26.5. The molecule has 7 heteroatoms. The average molecular weight is 471 g/mol. The Morgan fingerprint density at radius 3 is 2.20 bits per heavy atom. The second kappa shape index (κ2) is 10.6. The molecule has 0 saturated carbocycles. The Morgan fingerprint density at radius 1 is 0.857 bits per heavy atom. The second-order valence-corrected chi connectivity index (χ2v) is 8.93. The van der Waals surface area contributed by atoms with Crippen molar-refractivity contribution in [2.45, 2.75) is 25.7 Å². The lowest BCUT2D eigenvalue weighted by atomic mass is 10.2. The Labute approximate surface area is 205 Å². The van der Waals surface area contributed by atoms with Crippen LogP contribution < -0.4 is 14.4 Å². The van der Waals surface area contributed by atoms with Crippen LogP contribution in [-0.4, -0.2) is 48.3 Å². The van der Waals surface area contributed by atoms with E-state index in [1.807, 2.05) is 66.7 Å². The van der Waals surface area contributed by atoms with Crippen molar-refractivity contribution in [3.8, 4) is 23.0 Å². The number of nitrogens with zero attached hydrogens (tertiary/aromatic N) is 4. The van der Waals surface area contributed by atoms with Gasteiger partial charge in [0.25, 0.3) is 5.89 Å². The third-order valence-electron chi connectivity index (χ3n) is 6.27. The summed E-state index contributed by atoms with van der Waals surface area (Å²) >= 11 is 0. The number of hydrogen-bond acceptors (Lipinski definition) is 7. The third-order valence-corrected chi connectivity index (χ3v) is 6.27. The Balaban J connectivity index is 1.12. The predicted molar refractivity (Wildman–Crippen MR) is 136 cm³/mol. The van der Waals surface area contributed by atoms with Crippen molar-refractivity contribution in [3.63, 3.8) is 0 Å². The number of anilines is 1. The van der Waals surface area contributed by atoms with Gasteiger partial charge in [0.05, 0.1) is 0 Å². The number of ether oxygens (including phenoxy) is 2. The van der Waals surface area contributed by atoms with E-state index in [1.165, 1.54) is 12.1 Å². The van der Waals surface area contributed by atoms with E-state index in [-0.39, 0.29) is 6.61 Å². The van der Waals surface area contributed by atoms with Gasteiger partial charge in [-0.1, -0.05) is 30.3 Å². The molecule has 1 fully saturated rings. The van der Waals surface area contributed by atoms with Gasteiger partial charge in [-0.05, 0) is 74.6 Å². The zero-order valence-electron chi connectivity index (χ0n) is 20.1. The molecule has 0 bridgehead atoms. The molecule has 1 atom stereocenters. The lowest BCUT2D eigenvalue weighted by Gasteiger charge is -2.21. The summed E-state index contributed by atoms with van der Waals surface area (Å²) in [5.74, 6) is 2.42. The largest absolute Gasteiger partial charge is 0.489 e. The SMILES string of the molecule is CN(C)C1CCN(c2ccc(-c3nnc(COc4ccc(OCc5ccccc5)cc4)o3)cc2)C1. The number of benzene rings is 3. The van der Waals surface area contributed by atoms with Crippen LogP contribution >= 0.6 is 0 Å². The van der Waals surface area contributed by atoms with E-state index >= 15 is 0 Å². The van der Waals surface area contributed by atoms with Crippen LogP contribution in [-0.2, 0) is 13.2 Å². The van der Waals surface area contributed by atoms with Crippen LogP contribution in [0.1, 0.15) is 17.9 Å². The molecule has 7 nitrogen and oxygen atoms in total. The molecule has 3 aromatic carbocycles. The molecule has 0 spiro atoms. The minimum Gasteiger partial charge on any atom is -0.489 e. The van der Waals surface area contributed by atoms with Crippen molar-refractivity contribution >= 4 is 5.69 Å². The number of likely N-dealkylation sites (N-methyl/N-ethyl adjacent to an activating group) is 1. The summed E-state index contributed by atoms with van der Waals surface area (Å²) in [4.78, 5) is 4.71. The van der Waals surface area contributed by atoms with Gasteiger partial charge in [0.15, 0.2) is 6.61 Å². The van der Waals surface area contributed by atoms with E-state index in [9.17, 15) is 0 Å². The van der Waals surface area contributed by atoms with E-state index in [1.54, 1.807) is 0 Å². The molecular formula is C28H30N4O3. The zero-order chi connectivity index (χ0) is 24.0. The molecule has 5 rings (SSSR count). The predicted octanol–water partition coefficient (Wildman–Crippen LogP) is 5.03. The number of rotatable bonds is 9. The Bertz CT molecular complexity index is 1210. The fourth-order valence-corrected chi connectivity index (χ4v) is 4.16. The van der Waals surface area contributed by atoms with Crippen LogP contribution in [0.3, 0.4) is 0 Å². The summed E-state index contributed by atoms with van der Waals surface area (Å²) in [5, 5.41) is 8.33. The molecule has 180 valence electrons. The van der Waals surface area contributed by atoms with Crippen molar-refractivity contribution in [2.75, 3.05) is 32.1 Å². The van der Waals surface area contributed by atoms with Gasteiger partial charge in [-0.25, -0.2) is 0 Å². The fourth-order valence-electron chi connectivity index (χ4n) is 4.16. The van der Waals surface area contributed by atoms with Crippen LogP contribution in [0.25, 0.3) is 11.5 Å². The molecule has 35 heavy (non-hydrogen) atoms. The van der Waals surface area contributed by atoms with Crippen LogP contribution in [0.4, 0.5) is 5.69 Å². The summed E-state index contributed by atoms with van der Waals surface area (Å²) < 4.78 is 17.5. The summed E-state index contributed by atoms with van der Waals surface area (Å²) in [6.45, 7) is 2.86. The first-order valence-corrected chi connectivity index (χ1v) is 11.9. The normalized spacial score (nSPS) is 15.5. The highest BCUT2D eigenvalue weighted by Crippen LogP contribution is 2.26. The fraction of sp³-hybridized carbons (Fsp3) is 0.286. The Kier molecular flexibility index (Phi) is 6.95. The molecule has 1 aliphatic rings. The highest BCUT2D eigenvalue weighted by Gasteiger charge is 2.24. The van der Waals surface area contributed by atoms with E-state index in [0.29, 0.717) is 30.2 Å². The minimum atomic E-state index is 0.203. The molecule has 1 unspecified atom stereocenters. The number of hydrogen-bond donors (Lipinski definition) is 0. The monoisotopic (exact) mass is 470 g/mol. The van der Waals surface area contributed by atoms with Gasteiger partial charge < -0.3 is 23.7 Å². The van der Waals surface area contributed by atoms with Crippen molar-refractivity contribution < 1.29 is 13.9 Å². The van der Waals surface area contributed by atoms with Crippen molar-refractivity contribution in [1.82, 2.24) is 15.1 Å². The molecule has 0 N–H and O–H groups in total. The molecule has 4 aromatic rings. The molecule has 1 aliphatic heterocycles. The number of aromatic nitrogens is 2. The highest BCUT2D eigenvalue weighted by atomic mass is 16.5. The maximum absolute atomic E-state index is 5.82. The molecular weight excluding hydrogens is 440 g/mol. The van der Waals surface area contributed by atoms with E-state index in [4.69, 9.17) is 13.9 Å². The highest BCUT2D eigenvalue weighted by molar-refractivity contribution is 5.59. The summed E-state index contributed by atoms with van der Waals surface area (Å²) in [5.41, 5.74) is 3.25. The van der Waals surface area contributed by atoms with Gasteiger partial charge >= 0.3 is 0 Å². The van der Waals surface area contributed by atoms with Crippen molar-refractivity contribution in [3.05, 3.63) is 90.3 Å². The lowest BCUT2D eigenvalue weighted by Crippen LogP contribution is -2.31. The Morgan fingerprint density at radius 2 is 1.54 bits per heavy atom. The Hall–Kier alpha value is -3.84. The third kappa shape index (κ3) is 5.81.